The largest absolute Gasteiger partial charge is 0.372 e. The van der Waals surface area contributed by atoms with Gasteiger partial charge < -0.3 is 9.80 Å². The molecule has 0 unspecified atom stereocenters. The Balaban J connectivity index is 1.24. The molecule has 0 saturated carbocycles. The SMILES string of the molecule is C=C(c1ccc(-c2ccc(CCC3CCN(CC(F)(CC)CC)CC3)nn2)cc1)N1CCCC1. The fourth-order valence-corrected chi connectivity index (χ4v) is 5.31. The Morgan fingerprint density at radius 1 is 0.971 bits per heavy atom. The number of aromatic nitrogens is 2. The molecule has 0 bridgehead atoms. The Bertz CT molecular complexity index is 906. The van der Waals surface area contributed by atoms with Gasteiger partial charge in [-0.15, -0.1) is 0 Å². The molecule has 2 aliphatic heterocycles. The molecule has 0 aliphatic carbocycles. The molecule has 1 aromatic heterocycles. The fourth-order valence-electron chi connectivity index (χ4n) is 5.31. The van der Waals surface area contributed by atoms with Crippen LogP contribution in [0.1, 0.15) is 70.1 Å². The molecule has 2 aromatic rings. The molecule has 0 atom stereocenters. The topological polar surface area (TPSA) is 32.3 Å². The van der Waals surface area contributed by atoms with E-state index in [2.05, 4.69) is 63.0 Å². The molecule has 0 amide bonds. The van der Waals surface area contributed by atoms with Crippen molar-refractivity contribution in [3.05, 3.63) is 54.2 Å². The summed E-state index contributed by atoms with van der Waals surface area (Å²) in [6.07, 6.45) is 8.15. The number of benzene rings is 1. The monoisotopic (exact) mass is 464 g/mol. The maximum Gasteiger partial charge on any atom is 0.123 e. The Hall–Kier alpha value is -2.27. The molecule has 0 radical (unpaired) electrons. The number of nitrogens with zero attached hydrogens (tertiary/aromatic N) is 4. The van der Waals surface area contributed by atoms with E-state index in [1.54, 1.807) is 0 Å². The van der Waals surface area contributed by atoms with E-state index in [1.807, 2.05) is 13.8 Å². The van der Waals surface area contributed by atoms with Crippen LogP contribution in [0.4, 0.5) is 4.39 Å². The van der Waals surface area contributed by atoms with E-state index in [4.69, 9.17) is 0 Å². The van der Waals surface area contributed by atoms with Crippen LogP contribution in [0.2, 0.25) is 0 Å². The zero-order chi connectivity index (χ0) is 24.0. The second kappa shape index (κ2) is 11.4. The van der Waals surface area contributed by atoms with Crippen molar-refractivity contribution in [2.24, 2.45) is 5.92 Å². The maximum atomic E-state index is 14.7. The van der Waals surface area contributed by atoms with E-state index < -0.39 is 5.67 Å². The molecule has 3 heterocycles. The van der Waals surface area contributed by atoms with Crippen molar-refractivity contribution in [2.75, 3.05) is 32.7 Å². The minimum Gasteiger partial charge on any atom is -0.372 e. The average molecular weight is 465 g/mol. The predicted molar refractivity (Wildman–Crippen MR) is 139 cm³/mol. The first kappa shape index (κ1) is 24.8. The van der Waals surface area contributed by atoms with Crippen LogP contribution in [-0.4, -0.2) is 58.4 Å². The Morgan fingerprint density at radius 2 is 1.65 bits per heavy atom. The quantitative estimate of drug-likeness (QED) is 0.408. The van der Waals surface area contributed by atoms with Crippen LogP contribution in [0.15, 0.2) is 43.0 Å². The van der Waals surface area contributed by atoms with Crippen molar-refractivity contribution in [3.63, 3.8) is 0 Å². The predicted octanol–water partition coefficient (Wildman–Crippen LogP) is 6.38. The van der Waals surface area contributed by atoms with Crippen LogP contribution in [0.5, 0.6) is 0 Å². The van der Waals surface area contributed by atoms with Crippen molar-refractivity contribution < 1.29 is 4.39 Å². The van der Waals surface area contributed by atoms with Gasteiger partial charge >= 0.3 is 0 Å². The number of alkyl halides is 1. The summed E-state index contributed by atoms with van der Waals surface area (Å²) in [5, 5.41) is 9.01. The molecular weight excluding hydrogens is 423 g/mol. The minimum absolute atomic E-state index is 0.590. The lowest BCUT2D eigenvalue weighted by molar-refractivity contribution is 0.0628. The van der Waals surface area contributed by atoms with Gasteiger partial charge in [0.15, 0.2) is 0 Å². The zero-order valence-corrected chi connectivity index (χ0v) is 21.1. The van der Waals surface area contributed by atoms with Crippen molar-refractivity contribution >= 4 is 5.70 Å². The van der Waals surface area contributed by atoms with Crippen LogP contribution >= 0.6 is 0 Å². The second-order valence-corrected chi connectivity index (χ2v) is 10.2. The van der Waals surface area contributed by atoms with Gasteiger partial charge in [0.2, 0.25) is 0 Å². The van der Waals surface area contributed by atoms with Gasteiger partial charge in [-0.2, -0.15) is 10.2 Å². The van der Waals surface area contributed by atoms with Gasteiger partial charge in [0.25, 0.3) is 0 Å². The standard InChI is InChI=1S/C29H41FN4/c1-4-29(30,5-2)22-33-20-16-24(17-21-33)8-13-27-14-15-28(32-31-27)26-11-9-25(10-12-26)23(3)34-18-6-7-19-34/h9-12,14-15,24H,3-8,13,16-22H2,1-2H3. The van der Waals surface area contributed by atoms with Gasteiger partial charge in [0, 0.05) is 30.9 Å². The molecular formula is C29H41FN4. The highest BCUT2D eigenvalue weighted by molar-refractivity contribution is 5.67. The molecule has 0 N–H and O–H groups in total. The molecule has 2 saturated heterocycles. The third-order valence-electron chi connectivity index (χ3n) is 8.01. The molecule has 2 fully saturated rings. The highest BCUT2D eigenvalue weighted by atomic mass is 19.1. The summed E-state index contributed by atoms with van der Waals surface area (Å²) in [5.41, 5.74) is 4.35. The fraction of sp³-hybridized carbons (Fsp3) is 0.586. The van der Waals surface area contributed by atoms with Crippen molar-refractivity contribution in [3.8, 4) is 11.3 Å². The average Bonchev–Trinajstić information content (AvgIpc) is 3.43. The Labute approximate surface area is 205 Å². The lowest BCUT2D eigenvalue weighted by Gasteiger charge is -2.36. The summed E-state index contributed by atoms with van der Waals surface area (Å²) in [7, 11) is 0. The van der Waals surface area contributed by atoms with Crippen LogP contribution < -0.4 is 0 Å². The van der Waals surface area contributed by atoms with Crippen molar-refractivity contribution in [2.45, 2.75) is 70.9 Å². The molecule has 4 rings (SSSR count). The summed E-state index contributed by atoms with van der Waals surface area (Å²) >= 11 is 0. The maximum absolute atomic E-state index is 14.7. The number of aryl methyl sites for hydroxylation is 1. The highest BCUT2D eigenvalue weighted by Crippen LogP contribution is 2.28. The van der Waals surface area contributed by atoms with Crippen LogP contribution in [0.25, 0.3) is 17.0 Å². The van der Waals surface area contributed by atoms with Crippen LogP contribution in [0.3, 0.4) is 0 Å². The number of piperidine rings is 1. The van der Waals surface area contributed by atoms with Crippen molar-refractivity contribution in [1.29, 1.82) is 0 Å². The highest BCUT2D eigenvalue weighted by Gasteiger charge is 2.30. The normalized spacial score (nSPS) is 17.9. The molecule has 34 heavy (non-hydrogen) atoms. The van der Waals surface area contributed by atoms with E-state index in [9.17, 15) is 4.39 Å². The minimum atomic E-state index is -1.02. The van der Waals surface area contributed by atoms with E-state index in [0.29, 0.717) is 25.3 Å². The number of likely N-dealkylation sites (tertiary alicyclic amines) is 2. The number of hydrogen-bond donors (Lipinski definition) is 0. The van der Waals surface area contributed by atoms with Gasteiger partial charge in [-0.1, -0.05) is 44.7 Å². The first-order valence-electron chi connectivity index (χ1n) is 13.3. The van der Waals surface area contributed by atoms with E-state index >= 15 is 0 Å². The number of rotatable bonds is 10. The molecule has 4 nitrogen and oxygen atoms in total. The lowest BCUT2D eigenvalue weighted by Crippen LogP contribution is -2.43. The second-order valence-electron chi connectivity index (χ2n) is 10.2. The third-order valence-corrected chi connectivity index (χ3v) is 8.01. The Kier molecular flexibility index (Phi) is 8.36. The summed E-state index contributed by atoms with van der Waals surface area (Å²) in [4.78, 5) is 4.70. The zero-order valence-electron chi connectivity index (χ0n) is 21.1. The number of hydrogen-bond acceptors (Lipinski definition) is 4. The van der Waals surface area contributed by atoms with E-state index in [0.717, 1.165) is 74.5 Å². The molecule has 5 heteroatoms. The van der Waals surface area contributed by atoms with E-state index in [-0.39, 0.29) is 0 Å². The number of halogens is 1. The molecule has 2 aliphatic rings. The smallest absolute Gasteiger partial charge is 0.123 e. The van der Waals surface area contributed by atoms with Gasteiger partial charge in [0.1, 0.15) is 5.67 Å². The first-order chi connectivity index (χ1) is 16.5. The van der Waals surface area contributed by atoms with Crippen LogP contribution in [-0.2, 0) is 6.42 Å². The van der Waals surface area contributed by atoms with Gasteiger partial charge in [-0.3, -0.25) is 0 Å². The Morgan fingerprint density at radius 3 is 2.24 bits per heavy atom. The van der Waals surface area contributed by atoms with Gasteiger partial charge in [-0.25, -0.2) is 4.39 Å². The first-order valence-corrected chi connectivity index (χ1v) is 13.3. The summed E-state index contributed by atoms with van der Waals surface area (Å²) in [6, 6.07) is 12.7. The summed E-state index contributed by atoms with van der Waals surface area (Å²) < 4.78 is 14.7. The third kappa shape index (κ3) is 6.24. The van der Waals surface area contributed by atoms with Gasteiger partial charge in [0.05, 0.1) is 11.4 Å². The van der Waals surface area contributed by atoms with Gasteiger partial charge in [-0.05, 0) is 88.1 Å². The van der Waals surface area contributed by atoms with Crippen molar-refractivity contribution in [1.82, 2.24) is 20.0 Å². The van der Waals surface area contributed by atoms with Crippen LogP contribution in [0, 0.1) is 5.92 Å². The molecule has 1 aromatic carbocycles. The molecule has 0 spiro atoms. The van der Waals surface area contributed by atoms with E-state index in [1.165, 1.54) is 18.4 Å². The lowest BCUT2D eigenvalue weighted by atomic mass is 9.90. The summed E-state index contributed by atoms with van der Waals surface area (Å²) in [5.74, 6) is 0.700. The summed E-state index contributed by atoms with van der Waals surface area (Å²) in [6.45, 7) is 13.1. The molecule has 184 valence electrons.